The summed E-state index contributed by atoms with van der Waals surface area (Å²) in [4.78, 5) is 37.9. The summed E-state index contributed by atoms with van der Waals surface area (Å²) >= 11 is 0. The third-order valence-corrected chi connectivity index (χ3v) is 6.98. The number of anilines is 2. The van der Waals surface area contributed by atoms with Gasteiger partial charge < -0.3 is 30.0 Å². The van der Waals surface area contributed by atoms with E-state index in [1.54, 1.807) is 45.3 Å². The molecule has 12 heteroatoms. The van der Waals surface area contributed by atoms with Crippen molar-refractivity contribution in [2.75, 3.05) is 77.6 Å². The van der Waals surface area contributed by atoms with Gasteiger partial charge in [-0.3, -0.25) is 19.4 Å². The summed E-state index contributed by atoms with van der Waals surface area (Å²) in [6.07, 6.45) is 3.44. The van der Waals surface area contributed by atoms with Crippen LogP contribution in [0.1, 0.15) is 31.1 Å². The number of nitrogens with one attached hydrogen (secondary N) is 2. The van der Waals surface area contributed by atoms with E-state index in [0.717, 1.165) is 61.8 Å². The van der Waals surface area contributed by atoms with Gasteiger partial charge in [0, 0.05) is 68.5 Å². The number of amides is 1. The smallest absolute Gasteiger partial charge is 0.325 e. The van der Waals surface area contributed by atoms with Crippen molar-refractivity contribution >= 4 is 23.5 Å². The number of carbonyl (C=O) groups excluding carboxylic acids is 2. The zero-order chi connectivity index (χ0) is 32.1. The number of hydrogen-bond donors (Lipinski definition) is 3. The molecule has 1 amide bonds. The predicted octanol–water partition coefficient (Wildman–Crippen LogP) is 2.96. The Morgan fingerprint density at radius 3 is 2.07 bits per heavy atom. The first-order chi connectivity index (χ1) is 21.7. The molecule has 242 valence electrons. The molecule has 1 fully saturated rings. The number of ether oxygens (including phenoxy) is 3. The lowest BCUT2D eigenvalue weighted by Gasteiger charge is -2.34. The molecule has 0 saturated carbocycles. The molecule has 2 aromatic carbocycles. The minimum Gasteiger partial charge on any atom is -0.492 e. The maximum Gasteiger partial charge on any atom is 0.325 e. The average molecular weight is 621 g/mol. The zero-order valence-electron chi connectivity index (χ0n) is 26.3. The third kappa shape index (κ3) is 11.7. The Hall–Kier alpha value is -4.10. The lowest BCUT2D eigenvalue weighted by molar-refractivity contribution is -0.153. The summed E-state index contributed by atoms with van der Waals surface area (Å²) in [5.74, 6) is 0.424. The largest absolute Gasteiger partial charge is 0.492 e. The van der Waals surface area contributed by atoms with Crippen molar-refractivity contribution in [3.63, 3.8) is 0 Å². The van der Waals surface area contributed by atoms with Crippen LogP contribution in [0.3, 0.4) is 0 Å². The Balaban J connectivity index is 1.16. The van der Waals surface area contributed by atoms with Crippen LogP contribution < -0.4 is 15.4 Å². The Labute approximate surface area is 264 Å². The molecule has 1 aliphatic rings. The zero-order valence-corrected chi connectivity index (χ0v) is 26.3. The van der Waals surface area contributed by atoms with E-state index in [1.165, 1.54) is 0 Å². The highest BCUT2D eigenvalue weighted by Crippen LogP contribution is 2.21. The van der Waals surface area contributed by atoms with Crippen LogP contribution in [-0.2, 0) is 14.3 Å². The Kier molecular flexibility index (Phi) is 12.6. The number of nitrogens with zero attached hydrogens (tertiary/aromatic N) is 4. The van der Waals surface area contributed by atoms with E-state index in [0.29, 0.717) is 31.3 Å². The fraction of sp³-hybridized carbons (Fsp3) is 0.455. The number of rotatable bonds is 15. The summed E-state index contributed by atoms with van der Waals surface area (Å²) in [5.41, 5.74) is 2.34. The number of aliphatic hydroxyl groups excluding tert-OH is 1. The van der Waals surface area contributed by atoms with E-state index < -0.39 is 11.6 Å². The highest BCUT2D eigenvalue weighted by Gasteiger charge is 2.18. The van der Waals surface area contributed by atoms with Crippen molar-refractivity contribution in [1.29, 1.82) is 0 Å². The molecule has 0 bridgehead atoms. The number of hydrogen-bond acceptors (Lipinski definition) is 11. The minimum absolute atomic E-state index is 0.0693. The number of benzene rings is 2. The second kappa shape index (κ2) is 16.8. The summed E-state index contributed by atoms with van der Waals surface area (Å²) in [6.45, 7) is 12.7. The van der Waals surface area contributed by atoms with Gasteiger partial charge in [0.25, 0.3) is 5.91 Å². The third-order valence-electron chi connectivity index (χ3n) is 6.98. The molecule has 12 nitrogen and oxygen atoms in total. The van der Waals surface area contributed by atoms with Crippen LogP contribution in [0.2, 0.25) is 0 Å². The molecule has 2 heterocycles. The van der Waals surface area contributed by atoms with E-state index in [4.69, 9.17) is 19.3 Å². The lowest BCUT2D eigenvalue weighted by atomic mass is 10.1. The van der Waals surface area contributed by atoms with Gasteiger partial charge in [0.1, 0.15) is 24.5 Å². The van der Waals surface area contributed by atoms with Crippen LogP contribution in [0.4, 0.5) is 11.6 Å². The van der Waals surface area contributed by atoms with Gasteiger partial charge in [0.15, 0.2) is 0 Å². The molecule has 4 rings (SSSR count). The van der Waals surface area contributed by atoms with Gasteiger partial charge >= 0.3 is 5.97 Å². The first kappa shape index (κ1) is 33.8. The molecule has 0 unspecified atom stereocenters. The van der Waals surface area contributed by atoms with Crippen molar-refractivity contribution in [2.24, 2.45) is 0 Å². The summed E-state index contributed by atoms with van der Waals surface area (Å²) in [6, 6.07) is 14.7. The summed E-state index contributed by atoms with van der Waals surface area (Å²) in [7, 11) is 0. The molecule has 0 spiro atoms. The number of aromatic nitrogens is 2. The monoisotopic (exact) mass is 620 g/mol. The second-order valence-electron chi connectivity index (χ2n) is 11.7. The number of carbonyl (C=O) groups is 2. The van der Waals surface area contributed by atoms with Gasteiger partial charge in [-0.1, -0.05) is 12.1 Å². The van der Waals surface area contributed by atoms with Gasteiger partial charge in [-0.05, 0) is 62.7 Å². The topological polar surface area (TPSA) is 138 Å². The van der Waals surface area contributed by atoms with E-state index in [9.17, 15) is 9.59 Å². The molecule has 0 aliphatic carbocycles. The van der Waals surface area contributed by atoms with Crippen molar-refractivity contribution < 1.29 is 28.9 Å². The Morgan fingerprint density at radius 1 is 0.844 bits per heavy atom. The number of esters is 1. The van der Waals surface area contributed by atoms with E-state index in [1.807, 2.05) is 36.4 Å². The molecular formula is C33H44N6O6. The molecule has 3 aromatic rings. The number of piperazine rings is 1. The van der Waals surface area contributed by atoms with Crippen molar-refractivity contribution in [2.45, 2.75) is 26.4 Å². The van der Waals surface area contributed by atoms with E-state index in [2.05, 4.69) is 30.4 Å². The average Bonchev–Trinajstić information content (AvgIpc) is 3.03. The predicted molar refractivity (Wildman–Crippen MR) is 172 cm³/mol. The molecule has 1 aliphatic heterocycles. The molecule has 45 heavy (non-hydrogen) atoms. The Morgan fingerprint density at radius 2 is 1.47 bits per heavy atom. The van der Waals surface area contributed by atoms with Crippen molar-refractivity contribution in [1.82, 2.24) is 25.1 Å². The SMILES string of the molecule is CC(C)(C)OC(=O)CNC(=O)c1ccc(-c2cnc(Nc3ccc(OCCN4CCN(CCOCCO)CC4)cc3)nc2)cc1. The summed E-state index contributed by atoms with van der Waals surface area (Å²) < 4.78 is 16.5. The van der Waals surface area contributed by atoms with Crippen LogP contribution in [-0.4, -0.2) is 115 Å². The Bertz CT molecular complexity index is 1340. The van der Waals surface area contributed by atoms with Gasteiger partial charge in [-0.2, -0.15) is 0 Å². The summed E-state index contributed by atoms with van der Waals surface area (Å²) in [5, 5.41) is 14.6. The molecule has 1 saturated heterocycles. The van der Waals surface area contributed by atoms with Crippen LogP contribution in [0.15, 0.2) is 60.9 Å². The van der Waals surface area contributed by atoms with Crippen LogP contribution in [0, 0.1) is 0 Å². The van der Waals surface area contributed by atoms with E-state index >= 15 is 0 Å². The van der Waals surface area contributed by atoms with Crippen LogP contribution >= 0.6 is 0 Å². The molecule has 0 atom stereocenters. The molecule has 0 radical (unpaired) electrons. The first-order valence-electron chi connectivity index (χ1n) is 15.2. The van der Waals surface area contributed by atoms with Gasteiger partial charge in [-0.25, -0.2) is 9.97 Å². The fourth-order valence-corrected chi connectivity index (χ4v) is 4.64. The number of aliphatic hydroxyl groups is 1. The second-order valence-corrected chi connectivity index (χ2v) is 11.7. The maximum atomic E-state index is 12.4. The minimum atomic E-state index is -0.604. The van der Waals surface area contributed by atoms with E-state index in [-0.39, 0.29) is 19.1 Å². The highest BCUT2D eigenvalue weighted by molar-refractivity contribution is 5.96. The maximum absolute atomic E-state index is 12.4. The molecular weight excluding hydrogens is 576 g/mol. The van der Waals surface area contributed by atoms with Crippen LogP contribution in [0.25, 0.3) is 11.1 Å². The van der Waals surface area contributed by atoms with Gasteiger partial charge in [0.05, 0.1) is 19.8 Å². The van der Waals surface area contributed by atoms with Gasteiger partial charge in [-0.15, -0.1) is 0 Å². The standard InChI is InChI=1S/C33H44N6O6/c1-33(2,3)45-30(41)24-34-31(42)26-6-4-25(5-7-26)27-22-35-32(36-23-27)37-28-8-10-29(11-9-28)44-20-17-39-14-12-38(13-15-39)16-19-43-21-18-40/h4-11,22-23,40H,12-21,24H2,1-3H3,(H,34,42)(H,35,36,37). The molecule has 3 N–H and O–H groups in total. The fourth-order valence-electron chi connectivity index (χ4n) is 4.64. The lowest BCUT2D eigenvalue weighted by Crippen LogP contribution is -2.48. The first-order valence-corrected chi connectivity index (χ1v) is 15.2. The van der Waals surface area contributed by atoms with Gasteiger partial charge in [0.2, 0.25) is 5.95 Å². The van der Waals surface area contributed by atoms with Crippen molar-refractivity contribution in [3.8, 4) is 16.9 Å². The quantitative estimate of drug-likeness (QED) is 0.171. The molecule has 1 aromatic heterocycles. The normalized spacial score (nSPS) is 14.1. The highest BCUT2D eigenvalue weighted by atomic mass is 16.6. The van der Waals surface area contributed by atoms with Crippen molar-refractivity contribution in [3.05, 3.63) is 66.5 Å². The van der Waals surface area contributed by atoms with Crippen LogP contribution in [0.5, 0.6) is 5.75 Å².